The predicted molar refractivity (Wildman–Crippen MR) is 122 cm³/mol. The molecule has 1 fully saturated rings. The van der Waals surface area contributed by atoms with E-state index in [0.29, 0.717) is 49.8 Å². The van der Waals surface area contributed by atoms with Crippen molar-refractivity contribution in [2.24, 2.45) is 0 Å². The smallest absolute Gasteiger partial charge is 0.333 e. The Labute approximate surface area is 181 Å². The molecule has 1 aromatic heterocycles. The van der Waals surface area contributed by atoms with Crippen LogP contribution in [0.2, 0.25) is 0 Å². The zero-order valence-electron chi connectivity index (χ0n) is 18.2. The summed E-state index contributed by atoms with van der Waals surface area (Å²) in [4.78, 5) is 41.0. The number of carbonyl (C=O) groups is 1. The number of carbonyl (C=O) groups excluding carboxylic acids is 1. The Morgan fingerprint density at radius 1 is 1.10 bits per heavy atom. The minimum atomic E-state index is -0.571. The van der Waals surface area contributed by atoms with Crippen LogP contribution in [0.25, 0.3) is 0 Å². The van der Waals surface area contributed by atoms with Crippen LogP contribution in [0.3, 0.4) is 0 Å². The highest BCUT2D eigenvalue weighted by Crippen LogP contribution is 2.24. The van der Waals surface area contributed by atoms with Gasteiger partial charge in [-0.15, -0.1) is 0 Å². The molecule has 1 aliphatic heterocycles. The number of nitrogen functional groups attached to an aromatic ring is 1. The summed E-state index contributed by atoms with van der Waals surface area (Å²) in [6.07, 6.45) is 3.69. The fraction of sp³-hybridized carbons (Fsp3) is 0.500. The second-order valence-corrected chi connectivity index (χ2v) is 7.58. The molecule has 168 valence electrons. The van der Waals surface area contributed by atoms with Gasteiger partial charge in [0.1, 0.15) is 23.8 Å². The Balaban J connectivity index is 1.96. The lowest BCUT2D eigenvalue weighted by atomic mass is 10.1. The standard InChI is InChI=1S/C22H31N5O4/c1-3-12-26-20(23)19(25-13-8-5-9-14-25)21(29)27(22(26)30)15-18(28)24-16-10-6-7-11-17(16)31-4-2/h6-7,10-11H,3-5,8-9,12-15,23H2,1-2H3,(H,24,28). The maximum Gasteiger partial charge on any atom is 0.333 e. The van der Waals surface area contributed by atoms with Gasteiger partial charge in [0.05, 0.1) is 12.3 Å². The fourth-order valence-electron chi connectivity index (χ4n) is 3.88. The molecule has 1 aromatic carbocycles. The molecule has 3 rings (SSSR count). The molecular weight excluding hydrogens is 398 g/mol. The Bertz CT molecular complexity index is 1040. The molecule has 0 spiro atoms. The van der Waals surface area contributed by atoms with Gasteiger partial charge in [-0.2, -0.15) is 0 Å². The lowest BCUT2D eigenvalue weighted by molar-refractivity contribution is -0.116. The summed E-state index contributed by atoms with van der Waals surface area (Å²) in [5.41, 5.74) is 5.98. The number of amides is 1. The van der Waals surface area contributed by atoms with Gasteiger partial charge in [-0.1, -0.05) is 19.1 Å². The van der Waals surface area contributed by atoms with Crippen LogP contribution in [0.4, 0.5) is 17.2 Å². The number of piperidine rings is 1. The lowest BCUT2D eigenvalue weighted by Gasteiger charge is -2.30. The van der Waals surface area contributed by atoms with Gasteiger partial charge < -0.3 is 20.7 Å². The van der Waals surface area contributed by atoms with Crippen LogP contribution < -0.4 is 31.9 Å². The van der Waals surface area contributed by atoms with Gasteiger partial charge in [0, 0.05) is 19.6 Å². The van der Waals surface area contributed by atoms with Crippen LogP contribution in [-0.4, -0.2) is 34.7 Å². The molecule has 0 radical (unpaired) electrons. The monoisotopic (exact) mass is 429 g/mol. The summed E-state index contributed by atoms with van der Waals surface area (Å²) in [5.74, 6) is 0.223. The summed E-state index contributed by atoms with van der Waals surface area (Å²) in [6.45, 7) is 5.62. The Morgan fingerprint density at radius 3 is 2.48 bits per heavy atom. The molecule has 1 saturated heterocycles. The number of para-hydroxylation sites is 2. The van der Waals surface area contributed by atoms with Crippen molar-refractivity contribution in [3.05, 3.63) is 45.1 Å². The molecule has 0 bridgehead atoms. The van der Waals surface area contributed by atoms with Gasteiger partial charge in [0.2, 0.25) is 5.91 Å². The molecule has 3 N–H and O–H groups in total. The van der Waals surface area contributed by atoms with Crippen LogP contribution in [-0.2, 0) is 17.9 Å². The second kappa shape index (κ2) is 10.2. The van der Waals surface area contributed by atoms with Crippen molar-refractivity contribution < 1.29 is 9.53 Å². The third-order valence-corrected chi connectivity index (χ3v) is 5.33. The van der Waals surface area contributed by atoms with Crippen LogP contribution in [0, 0.1) is 0 Å². The number of nitrogens with two attached hydrogens (primary N) is 1. The molecule has 1 amide bonds. The van der Waals surface area contributed by atoms with E-state index in [1.807, 2.05) is 18.7 Å². The van der Waals surface area contributed by atoms with Crippen LogP contribution in [0.15, 0.2) is 33.9 Å². The molecule has 2 heterocycles. The number of ether oxygens (including phenoxy) is 1. The molecular formula is C22H31N5O4. The van der Waals surface area contributed by atoms with Gasteiger partial charge in [0.25, 0.3) is 5.56 Å². The molecule has 0 saturated carbocycles. The molecule has 31 heavy (non-hydrogen) atoms. The van der Waals surface area contributed by atoms with Crippen molar-refractivity contribution in [2.75, 3.05) is 35.6 Å². The zero-order chi connectivity index (χ0) is 22.4. The average Bonchev–Trinajstić information content (AvgIpc) is 2.77. The molecule has 9 heteroatoms. The first-order chi connectivity index (χ1) is 15.0. The zero-order valence-corrected chi connectivity index (χ0v) is 18.2. The third-order valence-electron chi connectivity index (χ3n) is 5.33. The summed E-state index contributed by atoms with van der Waals surface area (Å²) >= 11 is 0. The summed E-state index contributed by atoms with van der Waals surface area (Å²) in [5, 5.41) is 2.75. The molecule has 1 aliphatic rings. The van der Waals surface area contributed by atoms with E-state index in [2.05, 4.69) is 5.32 Å². The topological polar surface area (TPSA) is 112 Å². The van der Waals surface area contributed by atoms with Gasteiger partial charge in [-0.3, -0.25) is 14.2 Å². The van der Waals surface area contributed by atoms with Crippen molar-refractivity contribution in [1.29, 1.82) is 0 Å². The second-order valence-electron chi connectivity index (χ2n) is 7.58. The third kappa shape index (κ3) is 4.92. The van der Waals surface area contributed by atoms with E-state index in [1.165, 1.54) is 4.57 Å². The molecule has 2 aromatic rings. The van der Waals surface area contributed by atoms with Gasteiger partial charge in [0.15, 0.2) is 0 Å². The summed E-state index contributed by atoms with van der Waals surface area (Å²) < 4.78 is 7.90. The highest BCUT2D eigenvalue weighted by Gasteiger charge is 2.24. The van der Waals surface area contributed by atoms with Crippen LogP contribution >= 0.6 is 0 Å². The van der Waals surface area contributed by atoms with Gasteiger partial charge in [-0.05, 0) is 44.7 Å². The molecule has 9 nitrogen and oxygen atoms in total. The number of nitrogens with one attached hydrogen (secondary N) is 1. The minimum Gasteiger partial charge on any atom is -0.492 e. The average molecular weight is 430 g/mol. The van der Waals surface area contributed by atoms with Crippen LogP contribution in [0.5, 0.6) is 5.75 Å². The number of anilines is 3. The SMILES string of the molecule is CCCn1c(N)c(N2CCCCC2)c(=O)n(CC(=O)Nc2ccccc2OCC)c1=O. The van der Waals surface area contributed by atoms with E-state index in [0.717, 1.165) is 23.8 Å². The molecule has 0 unspecified atom stereocenters. The van der Waals surface area contributed by atoms with Gasteiger partial charge >= 0.3 is 5.69 Å². The number of hydrogen-bond acceptors (Lipinski definition) is 6. The fourth-order valence-corrected chi connectivity index (χ4v) is 3.88. The number of benzene rings is 1. The molecule has 0 atom stereocenters. The molecule has 0 aliphatic carbocycles. The number of aromatic nitrogens is 2. The highest BCUT2D eigenvalue weighted by molar-refractivity contribution is 5.92. The first kappa shape index (κ1) is 22.5. The predicted octanol–water partition coefficient (Wildman–Crippen LogP) is 2.03. The number of nitrogens with zero attached hydrogens (tertiary/aromatic N) is 3. The normalized spacial score (nSPS) is 13.8. The van der Waals surface area contributed by atoms with Crippen molar-refractivity contribution >= 4 is 23.1 Å². The quantitative estimate of drug-likeness (QED) is 0.664. The largest absolute Gasteiger partial charge is 0.492 e. The van der Waals surface area contributed by atoms with Crippen molar-refractivity contribution in [2.45, 2.75) is 52.6 Å². The number of hydrogen-bond donors (Lipinski definition) is 2. The Morgan fingerprint density at radius 2 is 1.81 bits per heavy atom. The summed E-state index contributed by atoms with van der Waals surface area (Å²) in [7, 11) is 0. The van der Waals surface area contributed by atoms with E-state index in [9.17, 15) is 14.4 Å². The van der Waals surface area contributed by atoms with E-state index in [4.69, 9.17) is 10.5 Å². The van der Waals surface area contributed by atoms with E-state index in [1.54, 1.807) is 24.3 Å². The first-order valence-electron chi connectivity index (χ1n) is 10.9. The van der Waals surface area contributed by atoms with E-state index < -0.39 is 23.7 Å². The van der Waals surface area contributed by atoms with Crippen molar-refractivity contribution in [3.63, 3.8) is 0 Å². The highest BCUT2D eigenvalue weighted by atomic mass is 16.5. The minimum absolute atomic E-state index is 0.178. The summed E-state index contributed by atoms with van der Waals surface area (Å²) in [6, 6.07) is 7.04. The lowest BCUT2D eigenvalue weighted by Crippen LogP contribution is -2.47. The van der Waals surface area contributed by atoms with Crippen molar-refractivity contribution in [3.8, 4) is 5.75 Å². The maximum absolute atomic E-state index is 13.2. The van der Waals surface area contributed by atoms with Crippen LogP contribution in [0.1, 0.15) is 39.5 Å². The Kier molecular flexibility index (Phi) is 7.38. The number of rotatable bonds is 8. The van der Waals surface area contributed by atoms with E-state index in [-0.39, 0.29) is 5.82 Å². The van der Waals surface area contributed by atoms with Gasteiger partial charge in [-0.25, -0.2) is 9.36 Å². The van der Waals surface area contributed by atoms with E-state index >= 15 is 0 Å². The maximum atomic E-state index is 13.2. The first-order valence-corrected chi connectivity index (χ1v) is 10.9. The van der Waals surface area contributed by atoms with Crippen molar-refractivity contribution in [1.82, 2.24) is 9.13 Å². The Hall–Kier alpha value is -3.23.